The first-order valence-corrected chi connectivity index (χ1v) is 4.12. The van der Waals surface area contributed by atoms with Gasteiger partial charge in [-0.15, -0.1) is 0 Å². The summed E-state index contributed by atoms with van der Waals surface area (Å²) in [4.78, 5) is 0. The number of aryl methyl sites for hydroxylation is 1. The molecule has 11 heavy (non-hydrogen) atoms. The summed E-state index contributed by atoms with van der Waals surface area (Å²) in [5, 5.41) is 4.51. The van der Waals surface area contributed by atoms with Crippen molar-refractivity contribution in [2.24, 2.45) is 0 Å². The standard InChI is InChI=1S/C10H12N/c1-8-2-4-9(5-3-8)11-10-6-7-10/h2-5,10H,6-7H2,1H3. The molecule has 0 aliphatic heterocycles. The molecular formula is C10H12N. The van der Waals surface area contributed by atoms with E-state index in [1.807, 2.05) is 0 Å². The van der Waals surface area contributed by atoms with Crippen molar-refractivity contribution in [3.63, 3.8) is 0 Å². The number of nitrogens with zero attached hydrogens (tertiary/aromatic N) is 1. The predicted octanol–water partition coefficient (Wildman–Crippen LogP) is 2.39. The monoisotopic (exact) mass is 146 g/mol. The van der Waals surface area contributed by atoms with E-state index in [2.05, 4.69) is 36.5 Å². The maximum absolute atomic E-state index is 4.51. The van der Waals surface area contributed by atoms with Crippen molar-refractivity contribution in [1.82, 2.24) is 5.32 Å². The van der Waals surface area contributed by atoms with Crippen LogP contribution in [0.1, 0.15) is 18.4 Å². The zero-order valence-electron chi connectivity index (χ0n) is 6.75. The topological polar surface area (TPSA) is 14.1 Å². The molecule has 1 aromatic carbocycles. The Kier molecular flexibility index (Phi) is 1.57. The Morgan fingerprint density at radius 2 is 1.82 bits per heavy atom. The van der Waals surface area contributed by atoms with Crippen LogP contribution in [-0.4, -0.2) is 6.04 Å². The van der Waals surface area contributed by atoms with Gasteiger partial charge in [0.05, 0.1) is 11.7 Å². The van der Waals surface area contributed by atoms with Gasteiger partial charge in [-0.25, -0.2) is 0 Å². The number of rotatable bonds is 2. The molecule has 2 rings (SSSR count). The molecule has 0 unspecified atom stereocenters. The van der Waals surface area contributed by atoms with Gasteiger partial charge < -0.3 is 0 Å². The van der Waals surface area contributed by atoms with E-state index in [0.29, 0.717) is 6.04 Å². The average molecular weight is 146 g/mol. The molecule has 0 aromatic heterocycles. The van der Waals surface area contributed by atoms with Crippen LogP contribution >= 0.6 is 0 Å². The first kappa shape index (κ1) is 6.71. The molecule has 57 valence electrons. The third-order valence-corrected chi connectivity index (χ3v) is 1.91. The van der Waals surface area contributed by atoms with Gasteiger partial charge in [0.15, 0.2) is 0 Å². The lowest BCUT2D eigenvalue weighted by Crippen LogP contribution is -1.98. The maximum atomic E-state index is 4.51. The van der Waals surface area contributed by atoms with Crippen LogP contribution in [0.4, 0.5) is 5.69 Å². The Hall–Kier alpha value is -0.980. The molecule has 1 aliphatic rings. The fraction of sp³-hybridized carbons (Fsp3) is 0.400. The second-order valence-electron chi connectivity index (χ2n) is 3.20. The highest BCUT2D eigenvalue weighted by Crippen LogP contribution is 2.24. The minimum atomic E-state index is 0.637. The molecule has 1 fully saturated rings. The van der Waals surface area contributed by atoms with E-state index in [-0.39, 0.29) is 0 Å². The van der Waals surface area contributed by atoms with E-state index >= 15 is 0 Å². The summed E-state index contributed by atoms with van der Waals surface area (Å²) in [5.74, 6) is 0. The van der Waals surface area contributed by atoms with Crippen LogP contribution in [0.2, 0.25) is 0 Å². The average Bonchev–Trinajstić information content (AvgIpc) is 2.78. The van der Waals surface area contributed by atoms with Crippen LogP contribution in [0.3, 0.4) is 0 Å². The minimum Gasteiger partial charge on any atom is -0.282 e. The highest BCUT2D eigenvalue weighted by molar-refractivity contribution is 5.38. The fourth-order valence-corrected chi connectivity index (χ4v) is 1.05. The van der Waals surface area contributed by atoms with E-state index in [9.17, 15) is 0 Å². The molecule has 1 saturated carbocycles. The van der Waals surface area contributed by atoms with Gasteiger partial charge in [-0.2, -0.15) is 0 Å². The summed E-state index contributed by atoms with van der Waals surface area (Å²) in [6.45, 7) is 2.10. The van der Waals surface area contributed by atoms with Crippen LogP contribution in [0, 0.1) is 6.92 Å². The highest BCUT2D eigenvalue weighted by atomic mass is 14.9. The largest absolute Gasteiger partial charge is 0.282 e. The molecule has 1 radical (unpaired) electrons. The van der Waals surface area contributed by atoms with Crippen LogP contribution < -0.4 is 5.32 Å². The Labute approximate surface area is 67.4 Å². The van der Waals surface area contributed by atoms with Gasteiger partial charge >= 0.3 is 0 Å². The zero-order valence-corrected chi connectivity index (χ0v) is 6.75. The molecule has 1 nitrogen and oxygen atoms in total. The number of hydrogen-bond acceptors (Lipinski definition) is 0. The van der Waals surface area contributed by atoms with Gasteiger partial charge in [-0.3, -0.25) is 5.32 Å². The third kappa shape index (κ3) is 1.73. The molecule has 0 saturated heterocycles. The smallest absolute Gasteiger partial charge is 0.0577 e. The molecule has 1 heteroatoms. The summed E-state index contributed by atoms with van der Waals surface area (Å²) < 4.78 is 0. The molecule has 0 amide bonds. The van der Waals surface area contributed by atoms with Gasteiger partial charge in [-0.1, -0.05) is 17.7 Å². The Morgan fingerprint density at radius 1 is 1.18 bits per heavy atom. The molecular weight excluding hydrogens is 134 g/mol. The van der Waals surface area contributed by atoms with Crippen LogP contribution in [0.5, 0.6) is 0 Å². The minimum absolute atomic E-state index is 0.637. The second-order valence-corrected chi connectivity index (χ2v) is 3.20. The summed E-state index contributed by atoms with van der Waals surface area (Å²) in [6.07, 6.45) is 2.57. The van der Waals surface area contributed by atoms with Gasteiger partial charge in [0.25, 0.3) is 0 Å². The van der Waals surface area contributed by atoms with Gasteiger partial charge in [0, 0.05) is 0 Å². The van der Waals surface area contributed by atoms with Crippen molar-refractivity contribution in [3.05, 3.63) is 29.8 Å². The van der Waals surface area contributed by atoms with Crippen LogP contribution in [0.15, 0.2) is 24.3 Å². The van der Waals surface area contributed by atoms with Crippen molar-refractivity contribution in [3.8, 4) is 0 Å². The van der Waals surface area contributed by atoms with E-state index < -0.39 is 0 Å². The molecule has 0 atom stereocenters. The molecule has 1 aliphatic carbocycles. The van der Waals surface area contributed by atoms with Crippen molar-refractivity contribution < 1.29 is 0 Å². The van der Waals surface area contributed by atoms with Crippen molar-refractivity contribution in [2.75, 3.05) is 0 Å². The van der Waals surface area contributed by atoms with Gasteiger partial charge in [-0.05, 0) is 31.9 Å². The first-order valence-electron chi connectivity index (χ1n) is 4.12. The first-order chi connectivity index (χ1) is 5.34. The van der Waals surface area contributed by atoms with Gasteiger partial charge in [0.1, 0.15) is 0 Å². The number of hydrogen-bond donors (Lipinski definition) is 0. The maximum Gasteiger partial charge on any atom is 0.0577 e. The van der Waals surface area contributed by atoms with Crippen molar-refractivity contribution >= 4 is 5.69 Å². The molecule has 0 N–H and O–H groups in total. The number of benzene rings is 1. The van der Waals surface area contributed by atoms with E-state index in [4.69, 9.17) is 0 Å². The summed E-state index contributed by atoms with van der Waals surface area (Å²) in [6, 6.07) is 9.04. The zero-order chi connectivity index (χ0) is 7.68. The van der Waals surface area contributed by atoms with E-state index in [0.717, 1.165) is 5.69 Å². The SMILES string of the molecule is Cc1ccc([N]C2CC2)cc1. The van der Waals surface area contributed by atoms with Crippen LogP contribution in [-0.2, 0) is 0 Å². The Balaban J connectivity index is 2.06. The lowest BCUT2D eigenvalue weighted by Gasteiger charge is -1.99. The summed E-state index contributed by atoms with van der Waals surface area (Å²) in [5.41, 5.74) is 2.44. The summed E-state index contributed by atoms with van der Waals surface area (Å²) >= 11 is 0. The van der Waals surface area contributed by atoms with Gasteiger partial charge in [0.2, 0.25) is 0 Å². The fourth-order valence-electron chi connectivity index (χ4n) is 1.05. The lowest BCUT2D eigenvalue weighted by atomic mass is 10.2. The lowest BCUT2D eigenvalue weighted by molar-refractivity contribution is 0.856. The quantitative estimate of drug-likeness (QED) is 0.608. The predicted molar refractivity (Wildman–Crippen MR) is 46.0 cm³/mol. The second kappa shape index (κ2) is 2.57. The highest BCUT2D eigenvalue weighted by Gasteiger charge is 2.22. The van der Waals surface area contributed by atoms with E-state index in [1.165, 1.54) is 18.4 Å². The molecule has 0 bridgehead atoms. The van der Waals surface area contributed by atoms with Crippen molar-refractivity contribution in [1.29, 1.82) is 0 Å². The Morgan fingerprint density at radius 3 is 2.36 bits per heavy atom. The molecule has 0 spiro atoms. The Bertz CT molecular complexity index is 234. The summed E-state index contributed by atoms with van der Waals surface area (Å²) in [7, 11) is 0. The molecule has 1 aromatic rings. The molecule has 0 heterocycles. The van der Waals surface area contributed by atoms with E-state index in [1.54, 1.807) is 0 Å². The van der Waals surface area contributed by atoms with Crippen molar-refractivity contribution in [2.45, 2.75) is 25.8 Å². The van der Waals surface area contributed by atoms with Crippen LogP contribution in [0.25, 0.3) is 0 Å². The third-order valence-electron chi connectivity index (χ3n) is 1.91. The normalized spacial score (nSPS) is 16.5.